The summed E-state index contributed by atoms with van der Waals surface area (Å²) >= 11 is 3.54. The number of carbonyl (C=O) groups is 1. The lowest BCUT2D eigenvalue weighted by atomic mass is 9.92. The fourth-order valence-corrected chi connectivity index (χ4v) is 4.47. The Morgan fingerprint density at radius 3 is 2.86 bits per heavy atom. The molecule has 0 aliphatic carbocycles. The number of thiophene rings is 1. The minimum atomic E-state index is -0.0636. The number of aromatic amines is 1. The van der Waals surface area contributed by atoms with E-state index < -0.39 is 0 Å². The first kappa shape index (κ1) is 14.7. The summed E-state index contributed by atoms with van der Waals surface area (Å²) in [5, 5.41) is 10.0. The lowest BCUT2D eigenvalue weighted by molar-refractivity contribution is 0.103. The summed E-state index contributed by atoms with van der Waals surface area (Å²) in [7, 11) is 0. The van der Waals surface area contributed by atoms with Gasteiger partial charge in [0.15, 0.2) is 5.82 Å². The standard InChI is InChI=1S/C15H19N3OS2/c1-15(2,3)12-7-13(18-17-12)16-14(19)11-6-9-8-20-5-4-10(9)21-11/h6-7H,4-5,8H2,1-3H3,(H2,16,17,18,19). The number of aryl methyl sites for hydroxylation is 1. The van der Waals surface area contributed by atoms with Gasteiger partial charge in [-0.2, -0.15) is 16.9 Å². The number of H-pyrrole nitrogens is 1. The first-order valence-corrected chi connectivity index (χ1v) is 8.97. The van der Waals surface area contributed by atoms with Crippen LogP contribution < -0.4 is 5.32 Å². The van der Waals surface area contributed by atoms with Crippen molar-refractivity contribution in [2.75, 3.05) is 11.1 Å². The van der Waals surface area contributed by atoms with Crippen molar-refractivity contribution in [1.82, 2.24) is 10.2 Å². The molecule has 0 radical (unpaired) electrons. The molecule has 0 saturated carbocycles. The third-order valence-electron chi connectivity index (χ3n) is 3.48. The number of carbonyl (C=O) groups excluding carboxylic acids is 1. The average molecular weight is 321 g/mol. The van der Waals surface area contributed by atoms with Gasteiger partial charge in [0.25, 0.3) is 5.91 Å². The van der Waals surface area contributed by atoms with Crippen LogP contribution in [-0.2, 0) is 17.6 Å². The molecule has 0 aromatic carbocycles. The molecule has 21 heavy (non-hydrogen) atoms. The van der Waals surface area contributed by atoms with Gasteiger partial charge in [0, 0.05) is 27.8 Å². The Kier molecular flexibility index (Phi) is 3.84. The van der Waals surface area contributed by atoms with Crippen LogP contribution in [0.2, 0.25) is 0 Å². The van der Waals surface area contributed by atoms with Crippen LogP contribution in [0.4, 0.5) is 5.82 Å². The summed E-state index contributed by atoms with van der Waals surface area (Å²) in [6.07, 6.45) is 1.08. The molecular weight excluding hydrogens is 302 g/mol. The van der Waals surface area contributed by atoms with Crippen molar-refractivity contribution in [1.29, 1.82) is 0 Å². The molecule has 3 rings (SSSR count). The molecule has 1 aliphatic rings. The molecule has 0 atom stereocenters. The fraction of sp³-hybridized carbons (Fsp3) is 0.467. The highest BCUT2D eigenvalue weighted by Crippen LogP contribution is 2.32. The highest BCUT2D eigenvalue weighted by atomic mass is 32.2. The smallest absolute Gasteiger partial charge is 0.266 e. The number of rotatable bonds is 2. The number of amides is 1. The maximum Gasteiger partial charge on any atom is 0.266 e. The molecule has 2 aromatic heterocycles. The number of hydrogen-bond acceptors (Lipinski definition) is 4. The minimum Gasteiger partial charge on any atom is -0.304 e. The van der Waals surface area contributed by atoms with Gasteiger partial charge in [-0.25, -0.2) is 0 Å². The number of anilines is 1. The number of nitrogens with zero attached hydrogens (tertiary/aromatic N) is 1. The molecule has 2 aromatic rings. The third-order valence-corrected chi connectivity index (χ3v) is 5.72. The van der Waals surface area contributed by atoms with E-state index in [0.29, 0.717) is 5.82 Å². The number of fused-ring (bicyclic) bond motifs is 1. The zero-order valence-corrected chi connectivity index (χ0v) is 14.1. The quantitative estimate of drug-likeness (QED) is 0.884. The number of nitrogens with one attached hydrogen (secondary N) is 2. The van der Waals surface area contributed by atoms with Gasteiger partial charge in [0.1, 0.15) is 0 Å². The monoisotopic (exact) mass is 321 g/mol. The van der Waals surface area contributed by atoms with Crippen LogP contribution in [0, 0.1) is 0 Å². The predicted octanol–water partition coefficient (Wildman–Crippen LogP) is 3.81. The highest BCUT2D eigenvalue weighted by Gasteiger charge is 2.20. The van der Waals surface area contributed by atoms with Crippen LogP contribution in [0.3, 0.4) is 0 Å². The Balaban J connectivity index is 1.74. The van der Waals surface area contributed by atoms with Crippen LogP contribution in [0.1, 0.15) is 46.6 Å². The van der Waals surface area contributed by atoms with Crippen LogP contribution in [0.5, 0.6) is 0 Å². The summed E-state index contributed by atoms with van der Waals surface area (Å²) in [4.78, 5) is 14.5. The van der Waals surface area contributed by atoms with Gasteiger partial charge < -0.3 is 5.32 Å². The molecule has 6 heteroatoms. The number of thioether (sulfide) groups is 1. The molecule has 1 aliphatic heterocycles. The van der Waals surface area contributed by atoms with Crippen LogP contribution in [-0.4, -0.2) is 21.9 Å². The largest absolute Gasteiger partial charge is 0.304 e. The SMILES string of the molecule is CC(C)(C)c1cc(NC(=O)c2cc3c(s2)CCSC3)n[nH]1. The van der Waals surface area contributed by atoms with Gasteiger partial charge in [0.05, 0.1) is 4.88 Å². The first-order chi connectivity index (χ1) is 9.93. The summed E-state index contributed by atoms with van der Waals surface area (Å²) < 4.78 is 0. The Labute approximate surface area is 132 Å². The van der Waals surface area contributed by atoms with E-state index in [1.165, 1.54) is 10.4 Å². The van der Waals surface area contributed by atoms with Gasteiger partial charge in [-0.1, -0.05) is 20.8 Å². The van der Waals surface area contributed by atoms with E-state index in [4.69, 9.17) is 0 Å². The second-order valence-corrected chi connectivity index (χ2v) is 8.47. The van der Waals surface area contributed by atoms with E-state index in [0.717, 1.165) is 28.5 Å². The Morgan fingerprint density at radius 2 is 2.19 bits per heavy atom. The summed E-state index contributed by atoms with van der Waals surface area (Å²) in [5.74, 6) is 2.70. The molecule has 0 spiro atoms. The van der Waals surface area contributed by atoms with Crippen LogP contribution >= 0.6 is 23.1 Å². The van der Waals surface area contributed by atoms with Gasteiger partial charge in [-0.3, -0.25) is 9.89 Å². The maximum atomic E-state index is 12.3. The van der Waals surface area contributed by atoms with Gasteiger partial charge in [-0.05, 0) is 23.8 Å². The molecule has 0 bridgehead atoms. The van der Waals surface area contributed by atoms with Gasteiger partial charge >= 0.3 is 0 Å². The normalized spacial score (nSPS) is 14.8. The first-order valence-electron chi connectivity index (χ1n) is 7.00. The fourth-order valence-electron chi connectivity index (χ4n) is 2.21. The van der Waals surface area contributed by atoms with E-state index >= 15 is 0 Å². The second-order valence-electron chi connectivity index (χ2n) is 6.23. The zero-order valence-electron chi connectivity index (χ0n) is 12.4. The zero-order chi connectivity index (χ0) is 15.0. The molecule has 0 unspecified atom stereocenters. The Hall–Kier alpha value is -1.27. The molecular formula is C15H19N3OS2. The van der Waals surface area contributed by atoms with Crippen molar-refractivity contribution in [3.63, 3.8) is 0 Å². The average Bonchev–Trinajstić information content (AvgIpc) is 3.03. The third kappa shape index (κ3) is 3.16. The predicted molar refractivity (Wildman–Crippen MR) is 89.4 cm³/mol. The lowest BCUT2D eigenvalue weighted by Gasteiger charge is -2.14. The number of aromatic nitrogens is 2. The van der Waals surface area contributed by atoms with E-state index in [-0.39, 0.29) is 11.3 Å². The van der Waals surface area contributed by atoms with Crippen molar-refractivity contribution in [2.45, 2.75) is 38.4 Å². The highest BCUT2D eigenvalue weighted by molar-refractivity contribution is 7.98. The number of hydrogen-bond donors (Lipinski definition) is 2. The minimum absolute atomic E-state index is 0.00474. The molecule has 0 saturated heterocycles. The topological polar surface area (TPSA) is 57.8 Å². The van der Waals surface area contributed by atoms with Crippen molar-refractivity contribution in [2.24, 2.45) is 0 Å². The van der Waals surface area contributed by atoms with Crippen LogP contribution in [0.15, 0.2) is 12.1 Å². The van der Waals surface area contributed by atoms with Gasteiger partial charge in [0.2, 0.25) is 0 Å². The Bertz CT molecular complexity index is 643. The lowest BCUT2D eigenvalue weighted by Crippen LogP contribution is -2.11. The van der Waals surface area contributed by atoms with Crippen LogP contribution in [0.25, 0.3) is 0 Å². The van der Waals surface area contributed by atoms with Crippen molar-refractivity contribution >= 4 is 34.8 Å². The molecule has 0 fully saturated rings. The molecule has 3 heterocycles. The van der Waals surface area contributed by atoms with E-state index in [9.17, 15) is 4.79 Å². The van der Waals surface area contributed by atoms with Crippen molar-refractivity contribution in [3.8, 4) is 0 Å². The Morgan fingerprint density at radius 1 is 1.38 bits per heavy atom. The molecule has 1 amide bonds. The summed E-state index contributed by atoms with van der Waals surface area (Å²) in [6, 6.07) is 3.93. The maximum absolute atomic E-state index is 12.3. The molecule has 112 valence electrons. The van der Waals surface area contributed by atoms with E-state index in [1.54, 1.807) is 11.3 Å². The van der Waals surface area contributed by atoms with E-state index in [1.807, 2.05) is 23.9 Å². The summed E-state index contributed by atoms with van der Waals surface area (Å²) in [6.45, 7) is 6.32. The van der Waals surface area contributed by atoms with E-state index in [2.05, 4.69) is 36.3 Å². The summed E-state index contributed by atoms with van der Waals surface area (Å²) in [5.41, 5.74) is 2.33. The van der Waals surface area contributed by atoms with Gasteiger partial charge in [-0.15, -0.1) is 11.3 Å². The molecule has 4 nitrogen and oxygen atoms in total. The van der Waals surface area contributed by atoms with Crippen molar-refractivity contribution in [3.05, 3.63) is 33.1 Å². The molecule has 2 N–H and O–H groups in total. The second kappa shape index (κ2) is 5.50. The van der Waals surface area contributed by atoms with Crippen molar-refractivity contribution < 1.29 is 4.79 Å².